The monoisotopic (exact) mass is 303 g/mol. The van der Waals surface area contributed by atoms with Gasteiger partial charge in [-0.2, -0.15) is 4.31 Å². The van der Waals surface area contributed by atoms with Crippen molar-refractivity contribution in [3.05, 3.63) is 28.8 Å². The molecule has 0 aliphatic carbocycles. The third-order valence-electron chi connectivity index (χ3n) is 3.31. The lowest BCUT2D eigenvalue weighted by molar-refractivity contribution is 0.222. The molecule has 1 fully saturated rings. The topological polar surface area (TPSA) is 66.6 Å². The lowest BCUT2D eigenvalue weighted by atomic mass is 10.2. The normalized spacial score (nSPS) is 18.7. The average Bonchev–Trinajstić information content (AvgIpc) is 2.38. The molecule has 0 spiro atoms. The minimum Gasteiger partial charge on any atom is -0.326 e. The van der Waals surface area contributed by atoms with Crippen LogP contribution in [0.25, 0.3) is 0 Å². The molecule has 1 aromatic rings. The summed E-state index contributed by atoms with van der Waals surface area (Å²) in [6.45, 7) is 2.80. The maximum atomic E-state index is 12.5. The molecule has 1 saturated heterocycles. The fraction of sp³-hybridized carbons (Fsp3) is 0.500. The number of piperazine rings is 1. The van der Waals surface area contributed by atoms with Gasteiger partial charge in [-0.15, -0.1) is 0 Å². The van der Waals surface area contributed by atoms with Crippen molar-refractivity contribution in [1.82, 2.24) is 9.21 Å². The van der Waals surface area contributed by atoms with Crippen LogP contribution in [0.2, 0.25) is 5.02 Å². The van der Waals surface area contributed by atoms with Gasteiger partial charge >= 0.3 is 0 Å². The van der Waals surface area contributed by atoms with Gasteiger partial charge in [0.05, 0.1) is 5.02 Å². The van der Waals surface area contributed by atoms with Crippen molar-refractivity contribution in [2.24, 2.45) is 5.73 Å². The van der Waals surface area contributed by atoms with Crippen molar-refractivity contribution in [2.75, 3.05) is 33.2 Å². The van der Waals surface area contributed by atoms with Gasteiger partial charge in [0.15, 0.2) is 0 Å². The molecule has 1 aromatic carbocycles. The summed E-state index contributed by atoms with van der Waals surface area (Å²) < 4.78 is 26.5. The third-order valence-corrected chi connectivity index (χ3v) is 5.69. The summed E-state index contributed by atoms with van der Waals surface area (Å²) in [6, 6.07) is 4.86. The second-order valence-electron chi connectivity index (χ2n) is 4.68. The molecular formula is C12H18ClN3O2S. The van der Waals surface area contributed by atoms with Crippen LogP contribution in [0, 0.1) is 0 Å². The van der Waals surface area contributed by atoms with E-state index in [9.17, 15) is 8.42 Å². The minimum atomic E-state index is -3.51. The highest BCUT2D eigenvalue weighted by atomic mass is 35.5. The third kappa shape index (κ3) is 3.09. The van der Waals surface area contributed by atoms with E-state index in [0.717, 1.165) is 18.7 Å². The number of hydrogen-bond donors (Lipinski definition) is 1. The van der Waals surface area contributed by atoms with Gasteiger partial charge in [-0.3, -0.25) is 0 Å². The number of benzene rings is 1. The molecule has 0 aromatic heterocycles. The highest BCUT2D eigenvalue weighted by Crippen LogP contribution is 2.26. The maximum absolute atomic E-state index is 12.5. The van der Waals surface area contributed by atoms with E-state index in [1.807, 2.05) is 7.05 Å². The highest BCUT2D eigenvalue weighted by molar-refractivity contribution is 7.89. The minimum absolute atomic E-state index is 0.163. The van der Waals surface area contributed by atoms with E-state index in [2.05, 4.69) is 4.90 Å². The van der Waals surface area contributed by atoms with Crippen LogP contribution in [-0.4, -0.2) is 50.8 Å². The Hall–Kier alpha value is -0.660. The average molecular weight is 304 g/mol. The first kappa shape index (κ1) is 14.7. The number of hydrogen-bond acceptors (Lipinski definition) is 4. The first-order chi connectivity index (χ1) is 8.95. The van der Waals surface area contributed by atoms with E-state index in [1.165, 1.54) is 10.4 Å². The largest absolute Gasteiger partial charge is 0.326 e. The Balaban J connectivity index is 2.29. The summed E-state index contributed by atoms with van der Waals surface area (Å²) in [5.74, 6) is 0. The Morgan fingerprint density at radius 3 is 2.42 bits per heavy atom. The van der Waals surface area contributed by atoms with Crippen molar-refractivity contribution in [1.29, 1.82) is 0 Å². The maximum Gasteiger partial charge on any atom is 0.244 e. The molecule has 19 heavy (non-hydrogen) atoms. The number of sulfonamides is 1. The number of likely N-dealkylation sites (N-methyl/N-ethyl adjacent to an activating group) is 1. The molecule has 2 rings (SSSR count). The number of halogens is 1. The second kappa shape index (κ2) is 5.76. The molecule has 5 nitrogen and oxygen atoms in total. The van der Waals surface area contributed by atoms with Gasteiger partial charge < -0.3 is 10.6 Å². The van der Waals surface area contributed by atoms with Crippen LogP contribution in [-0.2, 0) is 16.6 Å². The SMILES string of the molecule is CN1CCN(S(=O)(=O)c2ccc(CN)cc2Cl)CC1. The lowest BCUT2D eigenvalue weighted by Gasteiger charge is -2.31. The van der Waals surface area contributed by atoms with Crippen LogP contribution >= 0.6 is 11.6 Å². The first-order valence-electron chi connectivity index (χ1n) is 6.12. The van der Waals surface area contributed by atoms with Gasteiger partial charge in [-0.25, -0.2) is 8.42 Å². The Morgan fingerprint density at radius 1 is 1.26 bits per heavy atom. The molecular weight excluding hydrogens is 286 g/mol. The Kier molecular flexibility index (Phi) is 4.47. The molecule has 0 atom stereocenters. The highest BCUT2D eigenvalue weighted by Gasteiger charge is 2.29. The van der Waals surface area contributed by atoms with Crippen molar-refractivity contribution >= 4 is 21.6 Å². The van der Waals surface area contributed by atoms with Crippen LogP contribution in [0.3, 0.4) is 0 Å². The Labute approximate surface area is 119 Å². The molecule has 1 aliphatic heterocycles. The van der Waals surface area contributed by atoms with Crippen LogP contribution in [0.5, 0.6) is 0 Å². The van der Waals surface area contributed by atoms with Gasteiger partial charge in [0, 0.05) is 32.7 Å². The molecule has 7 heteroatoms. The van der Waals surface area contributed by atoms with Crippen molar-refractivity contribution in [3.63, 3.8) is 0 Å². The molecule has 0 saturated carbocycles. The molecule has 0 amide bonds. The summed E-state index contributed by atoms with van der Waals surface area (Å²) in [4.78, 5) is 2.27. The zero-order valence-corrected chi connectivity index (χ0v) is 12.4. The van der Waals surface area contributed by atoms with Crippen molar-refractivity contribution in [2.45, 2.75) is 11.4 Å². The number of rotatable bonds is 3. The van der Waals surface area contributed by atoms with Gasteiger partial charge in [0.1, 0.15) is 4.90 Å². The number of nitrogens with two attached hydrogens (primary N) is 1. The smallest absolute Gasteiger partial charge is 0.244 e. The van der Waals surface area contributed by atoms with Crippen molar-refractivity contribution in [3.8, 4) is 0 Å². The molecule has 1 heterocycles. The quantitative estimate of drug-likeness (QED) is 0.894. The van der Waals surface area contributed by atoms with Crippen molar-refractivity contribution < 1.29 is 8.42 Å². The summed E-state index contributed by atoms with van der Waals surface area (Å²) >= 11 is 6.07. The summed E-state index contributed by atoms with van der Waals surface area (Å²) in [5.41, 5.74) is 6.33. The van der Waals surface area contributed by atoms with Gasteiger partial charge in [-0.05, 0) is 24.7 Å². The van der Waals surface area contributed by atoms with Gasteiger partial charge in [0.2, 0.25) is 10.0 Å². The Morgan fingerprint density at radius 2 is 1.89 bits per heavy atom. The van der Waals surface area contributed by atoms with E-state index in [1.54, 1.807) is 12.1 Å². The summed E-state index contributed by atoms with van der Waals surface area (Å²) in [6.07, 6.45) is 0. The standard InChI is InChI=1S/C12H18ClN3O2S/c1-15-4-6-16(7-5-15)19(17,18)12-3-2-10(9-14)8-11(12)13/h2-3,8H,4-7,9,14H2,1H3. The molecule has 0 unspecified atom stereocenters. The molecule has 0 radical (unpaired) electrons. The van der Waals surface area contributed by atoms with E-state index < -0.39 is 10.0 Å². The van der Waals surface area contributed by atoms with Crippen LogP contribution < -0.4 is 5.73 Å². The van der Waals surface area contributed by atoms with E-state index in [0.29, 0.717) is 19.6 Å². The zero-order chi connectivity index (χ0) is 14.0. The zero-order valence-electron chi connectivity index (χ0n) is 10.8. The van der Waals surface area contributed by atoms with Gasteiger partial charge in [0.25, 0.3) is 0 Å². The fourth-order valence-electron chi connectivity index (χ4n) is 2.05. The van der Waals surface area contributed by atoms with Gasteiger partial charge in [-0.1, -0.05) is 17.7 Å². The molecule has 0 bridgehead atoms. The van der Waals surface area contributed by atoms with E-state index in [4.69, 9.17) is 17.3 Å². The molecule has 106 valence electrons. The predicted octanol–water partition coefficient (Wildman–Crippen LogP) is 0.735. The number of nitrogens with zero attached hydrogens (tertiary/aromatic N) is 2. The fourth-order valence-corrected chi connectivity index (χ4v) is 4.01. The lowest BCUT2D eigenvalue weighted by Crippen LogP contribution is -2.47. The second-order valence-corrected chi connectivity index (χ2v) is 6.99. The summed E-state index contributed by atoms with van der Waals surface area (Å²) in [5, 5.41) is 0.238. The van der Waals surface area contributed by atoms with Crippen LogP contribution in [0.1, 0.15) is 5.56 Å². The van der Waals surface area contributed by atoms with Crippen LogP contribution in [0.15, 0.2) is 23.1 Å². The molecule has 1 aliphatic rings. The summed E-state index contributed by atoms with van der Waals surface area (Å²) in [7, 11) is -1.53. The molecule has 2 N–H and O–H groups in total. The van der Waals surface area contributed by atoms with E-state index >= 15 is 0 Å². The Bertz CT molecular complexity index is 554. The first-order valence-corrected chi connectivity index (χ1v) is 7.94. The van der Waals surface area contributed by atoms with Crippen LogP contribution in [0.4, 0.5) is 0 Å². The predicted molar refractivity (Wildman–Crippen MR) is 75.6 cm³/mol. The van der Waals surface area contributed by atoms with E-state index in [-0.39, 0.29) is 9.92 Å².